The Kier molecular flexibility index (Phi) is 6.21. The van der Waals surface area contributed by atoms with Crippen molar-refractivity contribution < 1.29 is 20.5 Å². The van der Waals surface area contributed by atoms with Crippen molar-refractivity contribution in [3.8, 4) is 0 Å². The molecule has 0 saturated heterocycles. The molecule has 118 valence electrons. The van der Waals surface area contributed by atoms with E-state index in [1.165, 1.54) is 0 Å². The summed E-state index contributed by atoms with van der Waals surface area (Å²) in [5, 5.41) is 2.55. The average Bonchev–Trinajstić information content (AvgIpc) is 2.37. The Morgan fingerprint density at radius 1 is 1.24 bits per heavy atom. The van der Waals surface area contributed by atoms with Gasteiger partial charge < -0.3 is 14.8 Å². The third-order valence-electron chi connectivity index (χ3n) is 2.54. The van der Waals surface area contributed by atoms with Crippen LogP contribution in [-0.2, 0) is 20.7 Å². The van der Waals surface area contributed by atoms with Crippen LogP contribution in [0.3, 0.4) is 0 Å². The number of esters is 1. The fourth-order valence-corrected chi connectivity index (χ4v) is 1.73. The first-order valence-corrected chi connectivity index (χ1v) is 7.02. The standard InChI is InChI=1S/C16H23NO4.H2/c1-5-20-15(19)17-13(14(18)21-16(2,3)4)11-12-9-7-6-8-10-12;/h6-10,13H,5,11H2,1-4H3,(H,17,19);1H/t13-;/m0./s1. The predicted octanol–water partition coefficient (Wildman–Crippen LogP) is 2.93. The van der Waals surface area contributed by atoms with E-state index in [2.05, 4.69) is 5.32 Å². The first-order valence-electron chi connectivity index (χ1n) is 7.02. The highest BCUT2D eigenvalue weighted by Crippen LogP contribution is 2.11. The van der Waals surface area contributed by atoms with Crippen LogP contribution in [0.4, 0.5) is 4.79 Å². The summed E-state index contributed by atoms with van der Waals surface area (Å²) >= 11 is 0. The fourth-order valence-electron chi connectivity index (χ4n) is 1.73. The molecule has 1 aromatic rings. The zero-order valence-corrected chi connectivity index (χ0v) is 13.0. The van der Waals surface area contributed by atoms with Crippen molar-refractivity contribution in [2.75, 3.05) is 6.61 Å². The first kappa shape index (κ1) is 17.0. The molecule has 0 saturated carbocycles. The van der Waals surface area contributed by atoms with Gasteiger partial charge in [-0.1, -0.05) is 30.3 Å². The molecular formula is C16H25NO4. The van der Waals surface area contributed by atoms with Crippen molar-refractivity contribution in [1.29, 1.82) is 0 Å². The number of carbonyl (C=O) groups excluding carboxylic acids is 2. The van der Waals surface area contributed by atoms with E-state index in [1.807, 2.05) is 30.3 Å². The summed E-state index contributed by atoms with van der Waals surface area (Å²) in [6.45, 7) is 7.32. The van der Waals surface area contributed by atoms with Crippen LogP contribution in [-0.4, -0.2) is 30.3 Å². The number of rotatable bonds is 5. The molecule has 0 aliphatic heterocycles. The lowest BCUT2D eigenvalue weighted by Gasteiger charge is -2.24. The second-order valence-corrected chi connectivity index (χ2v) is 5.64. The normalized spacial score (nSPS) is 12.4. The van der Waals surface area contributed by atoms with Crippen LogP contribution in [0, 0.1) is 0 Å². The van der Waals surface area contributed by atoms with Gasteiger partial charge in [0.05, 0.1) is 6.61 Å². The molecule has 0 heterocycles. The van der Waals surface area contributed by atoms with Crippen molar-refractivity contribution in [1.82, 2.24) is 5.32 Å². The number of alkyl carbamates (subject to hydrolysis) is 1. The molecule has 1 rings (SSSR count). The van der Waals surface area contributed by atoms with Crippen molar-refractivity contribution in [2.45, 2.75) is 45.8 Å². The van der Waals surface area contributed by atoms with Crippen molar-refractivity contribution in [3.63, 3.8) is 0 Å². The average molecular weight is 295 g/mol. The molecule has 5 heteroatoms. The van der Waals surface area contributed by atoms with Crippen LogP contribution >= 0.6 is 0 Å². The molecule has 0 aromatic heterocycles. The van der Waals surface area contributed by atoms with E-state index in [4.69, 9.17) is 9.47 Å². The van der Waals surface area contributed by atoms with Gasteiger partial charge in [0, 0.05) is 7.85 Å². The van der Waals surface area contributed by atoms with E-state index in [0.717, 1.165) is 5.56 Å². The zero-order chi connectivity index (χ0) is 15.9. The van der Waals surface area contributed by atoms with Gasteiger partial charge in [0.25, 0.3) is 0 Å². The summed E-state index contributed by atoms with van der Waals surface area (Å²) in [6, 6.07) is 8.67. The number of amides is 1. The SMILES string of the molecule is CCOC(=O)N[C@@H](Cc1ccccc1)C(=O)OC(C)(C)C.[HH]. The molecule has 1 atom stereocenters. The van der Waals surface area contributed by atoms with E-state index >= 15 is 0 Å². The van der Waals surface area contributed by atoms with Gasteiger partial charge in [-0.05, 0) is 33.3 Å². The lowest BCUT2D eigenvalue weighted by molar-refractivity contribution is -0.157. The Labute approximate surface area is 127 Å². The summed E-state index contributed by atoms with van der Waals surface area (Å²) in [7, 11) is 0. The monoisotopic (exact) mass is 295 g/mol. The molecule has 1 aromatic carbocycles. The number of hydrogen-bond acceptors (Lipinski definition) is 4. The third kappa shape index (κ3) is 6.79. The minimum Gasteiger partial charge on any atom is -0.458 e. The highest BCUT2D eigenvalue weighted by molar-refractivity contribution is 5.81. The maximum atomic E-state index is 12.2. The molecule has 21 heavy (non-hydrogen) atoms. The Bertz CT molecular complexity index is 471. The summed E-state index contributed by atoms with van der Waals surface area (Å²) in [4.78, 5) is 23.8. The first-order chi connectivity index (χ1) is 9.81. The molecule has 0 radical (unpaired) electrons. The van der Waals surface area contributed by atoms with Gasteiger partial charge in [0.1, 0.15) is 11.6 Å². The fraction of sp³-hybridized carbons (Fsp3) is 0.500. The maximum Gasteiger partial charge on any atom is 0.407 e. The highest BCUT2D eigenvalue weighted by Gasteiger charge is 2.27. The van der Waals surface area contributed by atoms with Crippen LogP contribution in [0.15, 0.2) is 30.3 Å². The van der Waals surface area contributed by atoms with Gasteiger partial charge >= 0.3 is 12.1 Å². The predicted molar refractivity (Wildman–Crippen MR) is 82.1 cm³/mol. The van der Waals surface area contributed by atoms with Crippen LogP contribution in [0.1, 0.15) is 34.7 Å². The van der Waals surface area contributed by atoms with Gasteiger partial charge in [0.15, 0.2) is 0 Å². The summed E-state index contributed by atoms with van der Waals surface area (Å²) < 4.78 is 10.2. The van der Waals surface area contributed by atoms with Gasteiger partial charge in [-0.15, -0.1) is 0 Å². The number of benzene rings is 1. The van der Waals surface area contributed by atoms with E-state index in [-0.39, 0.29) is 8.03 Å². The summed E-state index contributed by atoms with van der Waals surface area (Å²) in [5.41, 5.74) is 0.327. The molecule has 0 aliphatic carbocycles. The Morgan fingerprint density at radius 3 is 2.38 bits per heavy atom. The number of carbonyl (C=O) groups is 2. The van der Waals surface area contributed by atoms with Crippen molar-refractivity contribution in [3.05, 3.63) is 35.9 Å². The molecule has 0 aliphatic rings. The largest absolute Gasteiger partial charge is 0.458 e. The molecule has 1 N–H and O–H groups in total. The zero-order valence-electron chi connectivity index (χ0n) is 13.0. The second kappa shape index (κ2) is 7.67. The smallest absolute Gasteiger partial charge is 0.407 e. The highest BCUT2D eigenvalue weighted by atomic mass is 16.6. The van der Waals surface area contributed by atoms with Crippen LogP contribution in [0.5, 0.6) is 0 Å². The molecule has 1 amide bonds. The third-order valence-corrected chi connectivity index (χ3v) is 2.54. The molecule has 5 nitrogen and oxygen atoms in total. The van der Waals surface area contributed by atoms with Crippen molar-refractivity contribution in [2.24, 2.45) is 0 Å². The van der Waals surface area contributed by atoms with Crippen LogP contribution < -0.4 is 5.32 Å². The Balaban J connectivity index is 0.00000441. The van der Waals surface area contributed by atoms with E-state index in [0.29, 0.717) is 6.42 Å². The molecule has 0 bridgehead atoms. The van der Waals surface area contributed by atoms with E-state index < -0.39 is 23.7 Å². The summed E-state index contributed by atoms with van der Waals surface area (Å²) in [5.74, 6) is -0.473. The van der Waals surface area contributed by atoms with Gasteiger partial charge in [0.2, 0.25) is 0 Å². The second-order valence-electron chi connectivity index (χ2n) is 5.64. The van der Waals surface area contributed by atoms with E-state index in [1.54, 1.807) is 27.7 Å². The topological polar surface area (TPSA) is 64.6 Å². The Hall–Kier alpha value is -2.04. The minimum absolute atomic E-state index is 0. The van der Waals surface area contributed by atoms with Gasteiger partial charge in [-0.2, -0.15) is 0 Å². The number of ether oxygens (including phenoxy) is 2. The number of hydrogen-bond donors (Lipinski definition) is 1. The lowest BCUT2D eigenvalue weighted by atomic mass is 10.1. The van der Waals surface area contributed by atoms with Crippen molar-refractivity contribution >= 4 is 12.1 Å². The molecule has 0 spiro atoms. The van der Waals surface area contributed by atoms with Crippen LogP contribution in [0.2, 0.25) is 0 Å². The molecule has 0 fully saturated rings. The van der Waals surface area contributed by atoms with E-state index in [9.17, 15) is 9.59 Å². The quantitative estimate of drug-likeness (QED) is 0.848. The molecule has 0 unspecified atom stereocenters. The minimum atomic E-state index is -0.773. The Morgan fingerprint density at radius 2 is 1.86 bits per heavy atom. The molecular weight excluding hydrogens is 270 g/mol. The maximum absolute atomic E-state index is 12.2. The lowest BCUT2D eigenvalue weighted by Crippen LogP contribution is -2.45. The summed E-state index contributed by atoms with van der Waals surface area (Å²) in [6.07, 6.45) is -0.265. The van der Waals surface area contributed by atoms with Crippen LogP contribution in [0.25, 0.3) is 0 Å². The van der Waals surface area contributed by atoms with Gasteiger partial charge in [-0.3, -0.25) is 0 Å². The van der Waals surface area contributed by atoms with Gasteiger partial charge in [-0.25, -0.2) is 9.59 Å². The number of nitrogens with one attached hydrogen (secondary N) is 1.